The first-order valence-electron chi connectivity index (χ1n) is 14.1. The molecule has 0 unspecified atom stereocenters. The molecule has 2 fully saturated rings. The summed E-state index contributed by atoms with van der Waals surface area (Å²) in [5, 5.41) is 11.2. The molecule has 39 heavy (non-hydrogen) atoms. The summed E-state index contributed by atoms with van der Waals surface area (Å²) in [5.74, 6) is -0.598. The van der Waals surface area contributed by atoms with E-state index in [4.69, 9.17) is 14.6 Å². The summed E-state index contributed by atoms with van der Waals surface area (Å²) >= 11 is 0. The second kappa shape index (κ2) is 11.9. The summed E-state index contributed by atoms with van der Waals surface area (Å²) < 4.78 is 13.2. The van der Waals surface area contributed by atoms with Crippen molar-refractivity contribution < 1.29 is 23.9 Å². The van der Waals surface area contributed by atoms with Gasteiger partial charge in [-0.1, -0.05) is 19.9 Å². The summed E-state index contributed by atoms with van der Waals surface area (Å²) in [6, 6.07) is 6.75. The van der Waals surface area contributed by atoms with Gasteiger partial charge in [-0.05, 0) is 49.3 Å². The van der Waals surface area contributed by atoms with Gasteiger partial charge in [0.15, 0.2) is 0 Å². The van der Waals surface area contributed by atoms with Crippen molar-refractivity contribution in [1.29, 1.82) is 0 Å². The molecule has 2 saturated heterocycles. The summed E-state index contributed by atoms with van der Waals surface area (Å²) in [4.78, 5) is 40.6. The van der Waals surface area contributed by atoms with Gasteiger partial charge in [0.2, 0.25) is 0 Å². The molecule has 1 aromatic heterocycles. The van der Waals surface area contributed by atoms with Gasteiger partial charge in [0.25, 0.3) is 11.8 Å². The highest BCUT2D eigenvalue weighted by Crippen LogP contribution is 2.37. The molecule has 10 nitrogen and oxygen atoms in total. The first-order chi connectivity index (χ1) is 18.9. The molecule has 0 aliphatic carbocycles. The van der Waals surface area contributed by atoms with Gasteiger partial charge in [-0.25, -0.2) is 4.79 Å². The van der Waals surface area contributed by atoms with Crippen molar-refractivity contribution in [2.24, 2.45) is 11.3 Å². The van der Waals surface area contributed by atoms with Crippen LogP contribution < -0.4 is 10.6 Å². The van der Waals surface area contributed by atoms with Crippen molar-refractivity contribution in [2.45, 2.75) is 46.1 Å². The number of ether oxygens (including phenoxy) is 2. The predicted molar refractivity (Wildman–Crippen MR) is 145 cm³/mol. The van der Waals surface area contributed by atoms with E-state index in [-0.39, 0.29) is 29.8 Å². The second-order valence-electron chi connectivity index (χ2n) is 11.1. The Labute approximate surface area is 229 Å². The number of amides is 2. The van der Waals surface area contributed by atoms with E-state index in [1.807, 2.05) is 18.5 Å². The molecule has 4 heterocycles. The van der Waals surface area contributed by atoms with Crippen molar-refractivity contribution in [3.05, 3.63) is 52.3 Å². The van der Waals surface area contributed by atoms with Gasteiger partial charge in [0.1, 0.15) is 0 Å². The van der Waals surface area contributed by atoms with Crippen LogP contribution in [-0.4, -0.2) is 85.0 Å². The second-order valence-corrected chi connectivity index (χ2v) is 11.1. The topological polar surface area (TPSA) is 115 Å². The van der Waals surface area contributed by atoms with Gasteiger partial charge in [0, 0.05) is 64.0 Å². The molecule has 0 bridgehead atoms. The Hall–Kier alpha value is -3.24. The van der Waals surface area contributed by atoms with Crippen LogP contribution in [-0.2, 0) is 28.9 Å². The number of carbonyl (C=O) groups excluding carboxylic acids is 3. The van der Waals surface area contributed by atoms with E-state index in [1.165, 1.54) is 0 Å². The number of nitrogens with one attached hydrogen (secondary N) is 2. The Kier molecular flexibility index (Phi) is 8.32. The molecule has 3 aliphatic rings. The number of fused-ring (bicyclic) bond motifs is 1. The number of nitrogens with zero attached hydrogens (tertiary/aromatic N) is 3. The highest BCUT2D eigenvalue weighted by Gasteiger charge is 2.39. The molecule has 210 valence electrons. The number of hydrogen-bond donors (Lipinski definition) is 2. The summed E-state index contributed by atoms with van der Waals surface area (Å²) in [5.41, 5.74) is 3.32. The van der Waals surface area contributed by atoms with Crippen LogP contribution in [0, 0.1) is 11.3 Å². The molecule has 10 heteroatoms. The lowest BCUT2D eigenvalue weighted by molar-refractivity contribution is 0.0151. The third-order valence-corrected chi connectivity index (χ3v) is 8.14. The van der Waals surface area contributed by atoms with Gasteiger partial charge in [0.05, 0.1) is 29.1 Å². The third-order valence-electron chi connectivity index (χ3n) is 8.14. The van der Waals surface area contributed by atoms with E-state index in [0.717, 1.165) is 43.7 Å². The Bertz CT molecular complexity index is 1210. The fraction of sp³-hybridized carbons (Fsp3) is 0.586. The van der Waals surface area contributed by atoms with Crippen LogP contribution in [0.3, 0.4) is 0 Å². The van der Waals surface area contributed by atoms with Crippen LogP contribution in [0.5, 0.6) is 0 Å². The Balaban J connectivity index is 1.25. The van der Waals surface area contributed by atoms with Crippen molar-refractivity contribution in [3.63, 3.8) is 0 Å². The minimum atomic E-state index is -0.453. The lowest BCUT2D eigenvalue weighted by Crippen LogP contribution is -2.46. The molecule has 2 N–H and O–H groups in total. The van der Waals surface area contributed by atoms with Gasteiger partial charge in [-0.15, -0.1) is 0 Å². The molecule has 1 aromatic carbocycles. The molecule has 1 atom stereocenters. The SMILES string of the molecule is CCc1nn(C[C@@H](C)COC(=O)c2cccc(C(=O)N3CCNCC3)c2)c2c1C(=O)NCC1(CCOCC1)C2. The normalized spacial score (nSPS) is 19.6. The van der Waals surface area contributed by atoms with Gasteiger partial charge < -0.3 is 25.0 Å². The summed E-state index contributed by atoms with van der Waals surface area (Å²) in [6.07, 6.45) is 3.26. The number of aryl methyl sites for hydroxylation is 1. The Morgan fingerprint density at radius 1 is 1.18 bits per heavy atom. The minimum absolute atomic E-state index is 0.0229. The molecule has 1 spiro atoms. The van der Waals surface area contributed by atoms with E-state index >= 15 is 0 Å². The van der Waals surface area contributed by atoms with Gasteiger partial charge in [-0.3, -0.25) is 14.3 Å². The Morgan fingerprint density at radius 2 is 1.92 bits per heavy atom. The number of rotatable bonds is 7. The average Bonchev–Trinajstić information content (AvgIpc) is 3.24. The monoisotopic (exact) mass is 537 g/mol. The maximum Gasteiger partial charge on any atom is 0.338 e. The van der Waals surface area contributed by atoms with E-state index in [9.17, 15) is 14.4 Å². The van der Waals surface area contributed by atoms with Crippen LogP contribution in [0.4, 0.5) is 0 Å². The van der Waals surface area contributed by atoms with Crippen molar-refractivity contribution >= 4 is 17.8 Å². The van der Waals surface area contributed by atoms with Crippen molar-refractivity contribution in [1.82, 2.24) is 25.3 Å². The zero-order valence-electron chi connectivity index (χ0n) is 23.0. The first kappa shape index (κ1) is 27.3. The standard InChI is InChI=1S/C29H39N5O5/c1-3-23-25-24(16-29(19-31-26(25)35)7-13-38-14-8-29)34(32-23)17-20(2)18-39-28(37)22-6-4-5-21(15-22)27(36)33-11-9-30-10-12-33/h4-6,15,20,30H,3,7-14,16-19H2,1-2H3,(H,31,35)/t20-/m1/s1. The van der Waals surface area contributed by atoms with E-state index in [2.05, 4.69) is 10.6 Å². The minimum Gasteiger partial charge on any atom is -0.462 e. The Morgan fingerprint density at radius 3 is 2.67 bits per heavy atom. The highest BCUT2D eigenvalue weighted by molar-refractivity contribution is 5.98. The fourth-order valence-corrected chi connectivity index (χ4v) is 5.80. The zero-order valence-corrected chi connectivity index (χ0v) is 23.0. The molecule has 2 amide bonds. The van der Waals surface area contributed by atoms with E-state index in [0.29, 0.717) is 62.5 Å². The molecule has 5 rings (SSSR count). The predicted octanol–water partition coefficient (Wildman–Crippen LogP) is 2.07. The van der Waals surface area contributed by atoms with Crippen LogP contribution in [0.25, 0.3) is 0 Å². The smallest absolute Gasteiger partial charge is 0.338 e. The number of carbonyl (C=O) groups is 3. The largest absolute Gasteiger partial charge is 0.462 e. The third kappa shape index (κ3) is 6.01. The van der Waals surface area contributed by atoms with Crippen LogP contribution in [0.1, 0.15) is 69.2 Å². The summed E-state index contributed by atoms with van der Waals surface area (Å²) in [6.45, 7) is 9.66. The fourth-order valence-electron chi connectivity index (χ4n) is 5.80. The highest BCUT2D eigenvalue weighted by atomic mass is 16.5. The van der Waals surface area contributed by atoms with Crippen LogP contribution >= 0.6 is 0 Å². The van der Waals surface area contributed by atoms with Gasteiger partial charge in [-0.2, -0.15) is 5.10 Å². The lowest BCUT2D eigenvalue weighted by Gasteiger charge is -2.36. The number of benzene rings is 1. The molecule has 0 radical (unpaired) electrons. The molecule has 3 aliphatic heterocycles. The quantitative estimate of drug-likeness (QED) is 0.520. The number of esters is 1. The number of hydrogen-bond acceptors (Lipinski definition) is 7. The molecule has 2 aromatic rings. The van der Waals surface area contributed by atoms with E-state index < -0.39 is 5.97 Å². The number of aromatic nitrogens is 2. The molecular formula is C29H39N5O5. The maximum absolute atomic E-state index is 13.1. The molecular weight excluding hydrogens is 498 g/mol. The first-order valence-corrected chi connectivity index (χ1v) is 14.1. The van der Waals surface area contributed by atoms with E-state index in [1.54, 1.807) is 29.2 Å². The molecule has 0 saturated carbocycles. The van der Waals surface area contributed by atoms with Gasteiger partial charge >= 0.3 is 5.97 Å². The zero-order chi connectivity index (χ0) is 27.4. The van der Waals surface area contributed by atoms with Crippen LogP contribution in [0.2, 0.25) is 0 Å². The maximum atomic E-state index is 13.1. The lowest BCUT2D eigenvalue weighted by atomic mass is 9.76. The van der Waals surface area contributed by atoms with Crippen LogP contribution in [0.15, 0.2) is 24.3 Å². The average molecular weight is 538 g/mol. The van der Waals surface area contributed by atoms with Crippen molar-refractivity contribution in [3.8, 4) is 0 Å². The number of piperazine rings is 1. The summed E-state index contributed by atoms with van der Waals surface area (Å²) in [7, 11) is 0. The van der Waals surface area contributed by atoms with Crippen molar-refractivity contribution in [2.75, 3.05) is 52.5 Å².